The van der Waals surface area contributed by atoms with Gasteiger partial charge in [-0.25, -0.2) is 4.98 Å². The Morgan fingerprint density at radius 2 is 1.61 bits per heavy atom. The summed E-state index contributed by atoms with van der Waals surface area (Å²) in [6.45, 7) is 1.98. The number of nitrogens with one attached hydrogen (secondary N) is 2. The lowest BCUT2D eigenvalue weighted by Crippen LogP contribution is -2.37. The number of benzene rings is 2. The van der Waals surface area contributed by atoms with E-state index in [9.17, 15) is 0 Å². The minimum absolute atomic E-state index is 0.507. The van der Waals surface area contributed by atoms with Crippen LogP contribution < -0.4 is 15.4 Å². The van der Waals surface area contributed by atoms with Gasteiger partial charge in [-0.15, -0.1) is 0 Å². The van der Waals surface area contributed by atoms with Gasteiger partial charge in [-0.05, 0) is 29.2 Å². The summed E-state index contributed by atoms with van der Waals surface area (Å²) in [5, 5.41) is 6.67. The van der Waals surface area contributed by atoms with Crippen LogP contribution in [0.15, 0.2) is 84.0 Å². The van der Waals surface area contributed by atoms with Crippen molar-refractivity contribution in [2.75, 3.05) is 13.6 Å². The molecular formula is C23H26N4O. The summed E-state index contributed by atoms with van der Waals surface area (Å²) in [4.78, 5) is 8.57. The molecule has 0 spiro atoms. The molecule has 28 heavy (non-hydrogen) atoms. The molecule has 0 saturated heterocycles. The van der Waals surface area contributed by atoms with E-state index in [0.717, 1.165) is 30.1 Å². The maximum atomic E-state index is 5.79. The van der Waals surface area contributed by atoms with Crippen LogP contribution in [-0.2, 0) is 19.6 Å². The minimum Gasteiger partial charge on any atom is -0.473 e. The van der Waals surface area contributed by atoms with Crippen molar-refractivity contribution < 1.29 is 4.74 Å². The van der Waals surface area contributed by atoms with E-state index in [4.69, 9.17) is 4.74 Å². The standard InChI is InChI=1S/C23H26N4O/c1-24-23(26-15-12-19-8-4-2-5-9-19)27-17-21-13-14-25-22(16-21)28-18-20-10-6-3-7-11-20/h2-11,13-14,16H,12,15,17-18H2,1H3,(H2,24,26,27). The third-order valence-electron chi connectivity index (χ3n) is 4.26. The first-order chi connectivity index (χ1) is 13.8. The van der Waals surface area contributed by atoms with Crippen LogP contribution in [0.4, 0.5) is 0 Å². The average Bonchev–Trinajstić information content (AvgIpc) is 2.76. The number of hydrogen-bond donors (Lipinski definition) is 2. The van der Waals surface area contributed by atoms with Crippen molar-refractivity contribution in [3.05, 3.63) is 95.7 Å². The van der Waals surface area contributed by atoms with Crippen LogP contribution in [0.3, 0.4) is 0 Å². The molecule has 0 saturated carbocycles. The maximum absolute atomic E-state index is 5.79. The predicted molar refractivity (Wildman–Crippen MR) is 113 cm³/mol. The van der Waals surface area contributed by atoms with Gasteiger partial charge < -0.3 is 15.4 Å². The van der Waals surface area contributed by atoms with Crippen LogP contribution in [0.1, 0.15) is 16.7 Å². The summed E-state index contributed by atoms with van der Waals surface area (Å²) >= 11 is 0. The molecule has 5 nitrogen and oxygen atoms in total. The Bertz CT molecular complexity index is 866. The molecule has 0 radical (unpaired) electrons. The Balaban J connectivity index is 1.45. The Hall–Kier alpha value is -3.34. The van der Waals surface area contributed by atoms with E-state index in [-0.39, 0.29) is 0 Å². The van der Waals surface area contributed by atoms with Crippen molar-refractivity contribution in [2.24, 2.45) is 4.99 Å². The molecule has 0 aliphatic carbocycles. The lowest BCUT2D eigenvalue weighted by atomic mass is 10.1. The van der Waals surface area contributed by atoms with Gasteiger partial charge in [0, 0.05) is 32.4 Å². The van der Waals surface area contributed by atoms with Crippen LogP contribution in [0.5, 0.6) is 5.88 Å². The summed E-state index contributed by atoms with van der Waals surface area (Å²) in [7, 11) is 1.78. The van der Waals surface area contributed by atoms with E-state index >= 15 is 0 Å². The minimum atomic E-state index is 0.507. The highest BCUT2D eigenvalue weighted by Crippen LogP contribution is 2.11. The molecule has 0 atom stereocenters. The van der Waals surface area contributed by atoms with Gasteiger partial charge in [0.1, 0.15) is 6.61 Å². The van der Waals surface area contributed by atoms with Crippen LogP contribution in [0.2, 0.25) is 0 Å². The van der Waals surface area contributed by atoms with Gasteiger partial charge in [0.05, 0.1) is 0 Å². The van der Waals surface area contributed by atoms with Crippen molar-refractivity contribution >= 4 is 5.96 Å². The monoisotopic (exact) mass is 374 g/mol. The normalized spacial score (nSPS) is 11.1. The number of guanidine groups is 1. The van der Waals surface area contributed by atoms with Crippen molar-refractivity contribution in [1.82, 2.24) is 15.6 Å². The molecular weight excluding hydrogens is 348 g/mol. The zero-order valence-electron chi connectivity index (χ0n) is 16.1. The smallest absolute Gasteiger partial charge is 0.213 e. The van der Waals surface area contributed by atoms with Crippen LogP contribution in [0.25, 0.3) is 0 Å². The van der Waals surface area contributed by atoms with Gasteiger partial charge in [0.15, 0.2) is 5.96 Å². The van der Waals surface area contributed by atoms with E-state index in [1.165, 1.54) is 5.56 Å². The third kappa shape index (κ3) is 6.43. The number of aromatic nitrogens is 1. The molecule has 0 amide bonds. The molecule has 2 aromatic carbocycles. The molecule has 0 unspecified atom stereocenters. The molecule has 3 rings (SSSR count). The largest absolute Gasteiger partial charge is 0.473 e. The molecule has 1 aromatic heterocycles. The fraction of sp³-hybridized carbons (Fsp3) is 0.217. The van der Waals surface area contributed by atoms with Crippen molar-refractivity contribution in [3.8, 4) is 5.88 Å². The summed E-state index contributed by atoms with van der Waals surface area (Å²) in [5.41, 5.74) is 3.51. The quantitative estimate of drug-likeness (QED) is 0.467. The zero-order chi connectivity index (χ0) is 19.4. The molecule has 0 bridgehead atoms. The number of rotatable bonds is 8. The van der Waals surface area contributed by atoms with Crippen molar-refractivity contribution in [2.45, 2.75) is 19.6 Å². The van der Waals surface area contributed by atoms with E-state index in [1.807, 2.05) is 48.5 Å². The molecule has 0 fully saturated rings. The van der Waals surface area contributed by atoms with E-state index in [0.29, 0.717) is 19.0 Å². The maximum Gasteiger partial charge on any atom is 0.213 e. The summed E-state index contributed by atoms with van der Waals surface area (Å²) in [6.07, 6.45) is 2.72. The molecule has 0 aliphatic heterocycles. The number of nitrogens with zero attached hydrogens (tertiary/aromatic N) is 2. The lowest BCUT2D eigenvalue weighted by Gasteiger charge is -2.12. The molecule has 1 heterocycles. The van der Waals surface area contributed by atoms with E-state index in [1.54, 1.807) is 13.2 Å². The number of aliphatic imine (C=N–C) groups is 1. The second kappa shape index (κ2) is 10.7. The van der Waals surface area contributed by atoms with Gasteiger partial charge in [-0.1, -0.05) is 60.7 Å². The Morgan fingerprint density at radius 1 is 0.893 bits per heavy atom. The highest BCUT2D eigenvalue weighted by atomic mass is 16.5. The van der Waals surface area contributed by atoms with Gasteiger partial charge >= 0.3 is 0 Å². The number of ether oxygens (including phenoxy) is 1. The molecule has 3 aromatic rings. The van der Waals surface area contributed by atoms with Crippen LogP contribution in [0, 0.1) is 0 Å². The Morgan fingerprint density at radius 3 is 2.32 bits per heavy atom. The van der Waals surface area contributed by atoms with Crippen LogP contribution in [-0.4, -0.2) is 24.5 Å². The molecule has 144 valence electrons. The zero-order valence-corrected chi connectivity index (χ0v) is 16.1. The van der Waals surface area contributed by atoms with Gasteiger partial charge in [0.2, 0.25) is 5.88 Å². The first-order valence-electron chi connectivity index (χ1n) is 9.43. The van der Waals surface area contributed by atoms with Crippen molar-refractivity contribution in [3.63, 3.8) is 0 Å². The summed E-state index contributed by atoms with van der Waals surface area (Å²) in [5.74, 6) is 1.40. The summed E-state index contributed by atoms with van der Waals surface area (Å²) in [6, 6.07) is 24.4. The number of pyridine rings is 1. The highest BCUT2D eigenvalue weighted by Gasteiger charge is 2.02. The Labute approximate surface area is 166 Å². The van der Waals surface area contributed by atoms with Crippen molar-refractivity contribution in [1.29, 1.82) is 0 Å². The van der Waals surface area contributed by atoms with Crippen LogP contribution >= 0.6 is 0 Å². The molecule has 0 aliphatic rings. The first kappa shape index (κ1) is 19.4. The fourth-order valence-electron chi connectivity index (χ4n) is 2.75. The second-order valence-electron chi connectivity index (χ2n) is 6.36. The molecule has 2 N–H and O–H groups in total. The van der Waals surface area contributed by atoms with Gasteiger partial charge in [-0.3, -0.25) is 4.99 Å². The average molecular weight is 374 g/mol. The SMILES string of the molecule is CN=C(NCCc1ccccc1)NCc1ccnc(OCc2ccccc2)c1. The molecule has 5 heteroatoms. The Kier molecular flexibility index (Phi) is 7.44. The van der Waals surface area contributed by atoms with E-state index < -0.39 is 0 Å². The summed E-state index contributed by atoms with van der Waals surface area (Å²) < 4.78 is 5.79. The number of hydrogen-bond acceptors (Lipinski definition) is 3. The predicted octanol–water partition coefficient (Wildman–Crippen LogP) is 3.57. The highest BCUT2D eigenvalue weighted by molar-refractivity contribution is 5.79. The third-order valence-corrected chi connectivity index (χ3v) is 4.26. The first-order valence-corrected chi connectivity index (χ1v) is 9.43. The van der Waals surface area contributed by atoms with Gasteiger partial charge in [-0.2, -0.15) is 0 Å². The second-order valence-corrected chi connectivity index (χ2v) is 6.36. The lowest BCUT2D eigenvalue weighted by molar-refractivity contribution is 0.293. The van der Waals surface area contributed by atoms with Gasteiger partial charge in [0.25, 0.3) is 0 Å². The fourth-order valence-corrected chi connectivity index (χ4v) is 2.75. The van der Waals surface area contributed by atoms with E-state index in [2.05, 4.69) is 44.9 Å². The topological polar surface area (TPSA) is 58.5 Å².